The molecule has 0 saturated carbocycles. The third-order valence-corrected chi connectivity index (χ3v) is 7.80. The van der Waals surface area contributed by atoms with E-state index in [0.29, 0.717) is 18.5 Å². The summed E-state index contributed by atoms with van der Waals surface area (Å²) in [5.74, 6) is 0. The summed E-state index contributed by atoms with van der Waals surface area (Å²) >= 11 is 0. The van der Waals surface area contributed by atoms with Crippen LogP contribution in [0.2, 0.25) is 0 Å². The van der Waals surface area contributed by atoms with E-state index in [2.05, 4.69) is 17.2 Å². The van der Waals surface area contributed by atoms with Crippen LogP contribution in [-0.2, 0) is 23.0 Å². The predicted octanol–water partition coefficient (Wildman–Crippen LogP) is 2.83. The van der Waals surface area contributed by atoms with Crippen molar-refractivity contribution in [3.05, 3.63) is 82.7 Å². The van der Waals surface area contributed by atoms with E-state index < -0.39 is 22.2 Å². The summed E-state index contributed by atoms with van der Waals surface area (Å²) < 4.78 is 29.2. The van der Waals surface area contributed by atoms with Crippen molar-refractivity contribution in [1.29, 1.82) is 0 Å². The smallest absolute Gasteiger partial charge is 0.243 e. The first-order valence-electron chi connectivity index (χ1n) is 9.62. The van der Waals surface area contributed by atoms with E-state index in [-0.39, 0.29) is 4.90 Å². The van der Waals surface area contributed by atoms with Gasteiger partial charge in [0.15, 0.2) is 0 Å². The fourth-order valence-corrected chi connectivity index (χ4v) is 5.68. The van der Waals surface area contributed by atoms with Crippen LogP contribution in [-0.4, -0.2) is 40.7 Å². The lowest BCUT2D eigenvalue weighted by Gasteiger charge is -2.37. The lowest BCUT2D eigenvalue weighted by atomic mass is 9.95. The molecule has 1 N–H and O–H groups in total. The lowest BCUT2D eigenvalue weighted by molar-refractivity contribution is 0.0890. The zero-order chi connectivity index (χ0) is 20.8. The van der Waals surface area contributed by atoms with Gasteiger partial charge in [-0.05, 0) is 37.5 Å². The van der Waals surface area contributed by atoms with Gasteiger partial charge in [-0.15, -0.1) is 0 Å². The van der Waals surface area contributed by atoms with Gasteiger partial charge < -0.3 is 5.11 Å². The maximum absolute atomic E-state index is 13.0. The largest absolute Gasteiger partial charge is 0.387 e. The highest BCUT2D eigenvalue weighted by atomic mass is 32.2. The molecule has 0 aliphatic carbocycles. The third kappa shape index (κ3) is 3.39. The van der Waals surface area contributed by atoms with Gasteiger partial charge in [0, 0.05) is 18.3 Å². The Bertz CT molecular complexity index is 1140. The molecule has 0 amide bonds. The van der Waals surface area contributed by atoms with E-state index in [1.165, 1.54) is 11.4 Å². The van der Waals surface area contributed by atoms with E-state index in [1.807, 2.05) is 36.7 Å². The average molecular weight is 412 g/mol. The van der Waals surface area contributed by atoms with Crippen LogP contribution in [0.1, 0.15) is 34.2 Å². The second kappa shape index (κ2) is 7.40. The van der Waals surface area contributed by atoms with E-state index in [4.69, 9.17) is 0 Å². The van der Waals surface area contributed by atoms with Crippen LogP contribution in [0.25, 0.3) is 0 Å². The van der Waals surface area contributed by atoms with Gasteiger partial charge in [-0.1, -0.05) is 48.5 Å². The number of aryl methyl sites for hydroxylation is 1. The Balaban J connectivity index is 1.68. The number of likely N-dealkylation sites (N-methyl/N-ethyl adjacent to an activating group) is 1. The quantitative estimate of drug-likeness (QED) is 0.716. The predicted molar refractivity (Wildman–Crippen MR) is 111 cm³/mol. The van der Waals surface area contributed by atoms with Crippen molar-refractivity contribution in [2.75, 3.05) is 7.05 Å². The zero-order valence-electron chi connectivity index (χ0n) is 16.8. The van der Waals surface area contributed by atoms with Crippen molar-refractivity contribution in [3.8, 4) is 0 Å². The molecule has 0 bridgehead atoms. The van der Waals surface area contributed by atoms with Crippen LogP contribution in [0.4, 0.5) is 0 Å². The van der Waals surface area contributed by atoms with Gasteiger partial charge in [-0.25, -0.2) is 8.42 Å². The Morgan fingerprint density at radius 3 is 2.41 bits per heavy atom. The molecule has 0 radical (unpaired) electrons. The van der Waals surface area contributed by atoms with E-state index >= 15 is 0 Å². The highest BCUT2D eigenvalue weighted by Crippen LogP contribution is 2.37. The molecule has 0 spiro atoms. The number of aromatic nitrogens is 2. The molecule has 0 fully saturated rings. The number of benzene rings is 2. The molecule has 1 aromatic heterocycles. The molecule has 3 aromatic rings. The fourth-order valence-electron chi connectivity index (χ4n) is 4.09. The molecular formula is C22H25N3O3S. The Labute approximate surface area is 171 Å². The van der Waals surface area contributed by atoms with Gasteiger partial charge in [0.25, 0.3) is 0 Å². The summed E-state index contributed by atoms with van der Waals surface area (Å²) in [5.41, 5.74) is 4.43. The second-order valence-corrected chi connectivity index (χ2v) is 9.53. The molecule has 1 aliphatic heterocycles. The number of aliphatic hydroxyl groups is 1. The van der Waals surface area contributed by atoms with Crippen LogP contribution < -0.4 is 0 Å². The highest BCUT2D eigenvalue weighted by Gasteiger charge is 2.41. The van der Waals surface area contributed by atoms with Crippen LogP contribution in [0.3, 0.4) is 0 Å². The molecule has 1 aliphatic rings. The summed E-state index contributed by atoms with van der Waals surface area (Å²) in [4.78, 5) is 0.180. The molecule has 29 heavy (non-hydrogen) atoms. The van der Waals surface area contributed by atoms with Gasteiger partial charge in [0.1, 0.15) is 0 Å². The zero-order valence-corrected chi connectivity index (χ0v) is 17.6. The molecular weight excluding hydrogens is 386 g/mol. The third-order valence-electron chi connectivity index (χ3n) is 5.85. The molecule has 152 valence electrons. The maximum Gasteiger partial charge on any atom is 0.243 e. The molecule has 7 heteroatoms. The van der Waals surface area contributed by atoms with Crippen molar-refractivity contribution < 1.29 is 13.5 Å². The molecule has 2 atom stereocenters. The van der Waals surface area contributed by atoms with Crippen LogP contribution in [0, 0.1) is 13.8 Å². The maximum atomic E-state index is 13.0. The van der Waals surface area contributed by atoms with Crippen molar-refractivity contribution in [2.45, 2.75) is 43.9 Å². The highest BCUT2D eigenvalue weighted by molar-refractivity contribution is 7.89. The molecule has 4 rings (SSSR count). The van der Waals surface area contributed by atoms with Gasteiger partial charge in [-0.3, -0.25) is 4.68 Å². The van der Waals surface area contributed by atoms with Gasteiger partial charge in [0.05, 0.1) is 29.3 Å². The average Bonchev–Trinajstić information content (AvgIpc) is 2.97. The van der Waals surface area contributed by atoms with Gasteiger partial charge in [0.2, 0.25) is 10.0 Å². The van der Waals surface area contributed by atoms with E-state index in [0.717, 1.165) is 22.5 Å². The van der Waals surface area contributed by atoms with Crippen LogP contribution >= 0.6 is 0 Å². The fraction of sp³-hybridized carbons (Fsp3) is 0.318. The first-order chi connectivity index (χ1) is 13.8. The number of hydrogen-bond acceptors (Lipinski definition) is 4. The number of rotatable bonds is 4. The summed E-state index contributed by atoms with van der Waals surface area (Å²) in [5, 5.41) is 15.6. The van der Waals surface area contributed by atoms with Crippen molar-refractivity contribution in [3.63, 3.8) is 0 Å². The van der Waals surface area contributed by atoms with Crippen molar-refractivity contribution in [1.82, 2.24) is 14.1 Å². The van der Waals surface area contributed by atoms with Crippen LogP contribution in [0.5, 0.6) is 0 Å². The Kier molecular flexibility index (Phi) is 5.06. The normalized spacial score (nSPS) is 21.1. The monoisotopic (exact) mass is 411 g/mol. The minimum Gasteiger partial charge on any atom is -0.387 e. The van der Waals surface area contributed by atoms with Crippen molar-refractivity contribution >= 4 is 10.0 Å². The Morgan fingerprint density at radius 1 is 1.03 bits per heavy atom. The van der Waals surface area contributed by atoms with Gasteiger partial charge >= 0.3 is 0 Å². The molecule has 2 unspecified atom stereocenters. The topological polar surface area (TPSA) is 75.4 Å². The minimum absolute atomic E-state index is 0.180. The number of hydrogen-bond donors (Lipinski definition) is 1. The second-order valence-electron chi connectivity index (χ2n) is 7.57. The molecule has 6 nitrogen and oxygen atoms in total. The standard InChI is InChI=1S/C22H25N3O3S/c1-15-19(16(2)25(23-15)14-17-9-5-4-6-10-17)13-20-22(26)18-11-7-8-12-21(18)29(27,28)24(20)3/h4-12,20,22,26H,13-14H2,1-3H3. The van der Waals surface area contributed by atoms with Crippen molar-refractivity contribution in [2.24, 2.45) is 0 Å². The number of sulfonamides is 1. The summed E-state index contributed by atoms with van der Waals surface area (Å²) in [6.45, 7) is 4.58. The molecule has 2 aromatic carbocycles. The summed E-state index contributed by atoms with van der Waals surface area (Å²) in [6.07, 6.45) is -0.492. The first-order valence-corrected chi connectivity index (χ1v) is 11.1. The van der Waals surface area contributed by atoms with E-state index in [9.17, 15) is 13.5 Å². The number of fused-ring (bicyclic) bond motifs is 1. The molecule has 2 heterocycles. The summed E-state index contributed by atoms with van der Waals surface area (Å²) in [7, 11) is -2.10. The van der Waals surface area contributed by atoms with Gasteiger partial charge in [-0.2, -0.15) is 9.40 Å². The lowest BCUT2D eigenvalue weighted by Crippen LogP contribution is -2.46. The SMILES string of the molecule is Cc1nn(Cc2ccccc2)c(C)c1CC1C(O)c2ccccc2S(=O)(=O)N1C. The number of aliphatic hydroxyl groups excluding tert-OH is 1. The minimum atomic E-state index is -3.64. The van der Waals surface area contributed by atoms with E-state index in [1.54, 1.807) is 24.3 Å². The Hall–Kier alpha value is -2.48. The Morgan fingerprint density at radius 2 is 1.69 bits per heavy atom. The first kappa shape index (κ1) is 19.8. The van der Waals surface area contributed by atoms with Crippen LogP contribution in [0.15, 0.2) is 59.5 Å². The summed E-state index contributed by atoms with van der Waals surface area (Å²) in [6, 6.07) is 16.2. The number of nitrogens with zero attached hydrogens (tertiary/aromatic N) is 3. The molecule has 0 saturated heterocycles.